The summed E-state index contributed by atoms with van der Waals surface area (Å²) in [5, 5.41) is 4.12. The zero-order valence-corrected chi connectivity index (χ0v) is 18.0. The molecule has 2 heterocycles. The Hall–Kier alpha value is -3.71. The summed E-state index contributed by atoms with van der Waals surface area (Å²) >= 11 is 0. The fourth-order valence-corrected chi connectivity index (χ4v) is 3.67. The molecule has 32 heavy (non-hydrogen) atoms. The van der Waals surface area contributed by atoms with Gasteiger partial charge in [0.15, 0.2) is 0 Å². The summed E-state index contributed by atoms with van der Waals surface area (Å²) in [6.07, 6.45) is 3.39. The highest BCUT2D eigenvalue weighted by molar-refractivity contribution is 5.79. The molecule has 4 aromatic rings. The number of benzene rings is 2. The van der Waals surface area contributed by atoms with Gasteiger partial charge in [0.25, 0.3) is 5.56 Å². The number of rotatable bonds is 8. The highest BCUT2D eigenvalue weighted by Gasteiger charge is 2.11. The molecule has 7 heteroatoms. The van der Waals surface area contributed by atoms with Crippen LogP contribution < -0.4 is 20.3 Å². The molecular formula is C25H24FN3O3. The SMILES string of the molecule is COc1cc(CNCc2cc3ccc(F)cc3n(Cc3cccnc3)c2=O)cc(OC)c1. The number of halogens is 1. The van der Waals surface area contributed by atoms with E-state index in [0.717, 1.165) is 16.5 Å². The van der Waals surface area contributed by atoms with Crippen molar-refractivity contribution in [2.75, 3.05) is 14.2 Å². The van der Waals surface area contributed by atoms with Gasteiger partial charge in [-0.1, -0.05) is 6.07 Å². The molecule has 0 radical (unpaired) electrons. The lowest BCUT2D eigenvalue weighted by molar-refractivity contribution is 0.393. The smallest absolute Gasteiger partial charge is 0.255 e. The quantitative estimate of drug-likeness (QED) is 0.457. The number of pyridine rings is 2. The second-order valence-corrected chi connectivity index (χ2v) is 7.45. The molecular weight excluding hydrogens is 409 g/mol. The minimum absolute atomic E-state index is 0.164. The lowest BCUT2D eigenvalue weighted by Gasteiger charge is -2.14. The zero-order chi connectivity index (χ0) is 22.5. The van der Waals surface area contributed by atoms with Crippen LogP contribution in [0.4, 0.5) is 4.39 Å². The third kappa shape index (κ3) is 4.78. The number of hydrogen-bond acceptors (Lipinski definition) is 5. The lowest BCUT2D eigenvalue weighted by atomic mass is 10.1. The lowest BCUT2D eigenvalue weighted by Crippen LogP contribution is -2.28. The fourth-order valence-electron chi connectivity index (χ4n) is 3.67. The molecule has 0 aliphatic heterocycles. The van der Waals surface area contributed by atoms with E-state index in [0.29, 0.717) is 42.2 Å². The number of hydrogen-bond donors (Lipinski definition) is 1. The third-order valence-corrected chi connectivity index (χ3v) is 5.25. The number of ether oxygens (including phenoxy) is 2. The van der Waals surface area contributed by atoms with Gasteiger partial charge in [-0.15, -0.1) is 0 Å². The number of aromatic nitrogens is 2. The molecule has 2 aromatic carbocycles. The highest BCUT2D eigenvalue weighted by atomic mass is 19.1. The first-order valence-electron chi connectivity index (χ1n) is 10.2. The number of nitrogens with one attached hydrogen (secondary N) is 1. The maximum atomic E-state index is 13.9. The predicted molar refractivity (Wildman–Crippen MR) is 122 cm³/mol. The molecule has 4 rings (SSSR count). The molecule has 0 amide bonds. The fraction of sp³-hybridized carbons (Fsp3) is 0.200. The first kappa shape index (κ1) is 21.5. The second-order valence-electron chi connectivity index (χ2n) is 7.45. The van der Waals surface area contributed by atoms with E-state index in [9.17, 15) is 9.18 Å². The molecule has 0 saturated heterocycles. The summed E-state index contributed by atoms with van der Waals surface area (Å²) < 4.78 is 26.2. The van der Waals surface area contributed by atoms with Gasteiger partial charge in [0.05, 0.1) is 26.3 Å². The van der Waals surface area contributed by atoms with Crippen molar-refractivity contribution < 1.29 is 13.9 Å². The van der Waals surface area contributed by atoms with Crippen molar-refractivity contribution in [3.8, 4) is 11.5 Å². The van der Waals surface area contributed by atoms with Crippen LogP contribution in [0, 0.1) is 5.82 Å². The van der Waals surface area contributed by atoms with Crippen LogP contribution in [0.5, 0.6) is 11.5 Å². The van der Waals surface area contributed by atoms with Crippen molar-refractivity contribution in [2.24, 2.45) is 0 Å². The van der Waals surface area contributed by atoms with Crippen molar-refractivity contribution in [1.82, 2.24) is 14.9 Å². The Morgan fingerprint density at radius 3 is 2.44 bits per heavy atom. The van der Waals surface area contributed by atoms with Crippen LogP contribution in [-0.2, 0) is 19.6 Å². The van der Waals surface area contributed by atoms with Crippen LogP contribution in [0.2, 0.25) is 0 Å². The molecule has 1 N–H and O–H groups in total. The summed E-state index contributed by atoms with van der Waals surface area (Å²) in [6, 6.07) is 15.7. The van der Waals surface area contributed by atoms with Crippen molar-refractivity contribution >= 4 is 10.9 Å². The highest BCUT2D eigenvalue weighted by Crippen LogP contribution is 2.22. The summed E-state index contributed by atoms with van der Waals surface area (Å²) in [6.45, 7) is 1.20. The van der Waals surface area contributed by atoms with E-state index >= 15 is 0 Å². The molecule has 0 bridgehead atoms. The van der Waals surface area contributed by atoms with E-state index < -0.39 is 0 Å². The molecule has 0 atom stereocenters. The van der Waals surface area contributed by atoms with Crippen molar-refractivity contribution in [1.29, 1.82) is 0 Å². The number of fused-ring (bicyclic) bond motifs is 1. The van der Waals surface area contributed by atoms with Crippen LogP contribution in [-0.4, -0.2) is 23.8 Å². The van der Waals surface area contributed by atoms with Gasteiger partial charge in [-0.05, 0) is 59.0 Å². The molecule has 0 unspecified atom stereocenters. The van der Waals surface area contributed by atoms with Crippen LogP contribution in [0.1, 0.15) is 16.7 Å². The predicted octanol–water partition coefficient (Wildman–Crippen LogP) is 3.89. The van der Waals surface area contributed by atoms with Crippen LogP contribution >= 0.6 is 0 Å². The van der Waals surface area contributed by atoms with Crippen LogP contribution in [0.15, 0.2) is 71.8 Å². The first-order chi connectivity index (χ1) is 15.6. The van der Waals surface area contributed by atoms with Gasteiger partial charge in [-0.2, -0.15) is 0 Å². The Balaban J connectivity index is 1.62. The maximum absolute atomic E-state index is 13.9. The number of methoxy groups -OCH3 is 2. The Bertz CT molecular complexity index is 1270. The van der Waals surface area contributed by atoms with Gasteiger partial charge in [0.2, 0.25) is 0 Å². The molecule has 0 aliphatic carbocycles. The summed E-state index contributed by atoms with van der Waals surface area (Å²) in [5.41, 5.74) is 2.83. The van der Waals surface area contributed by atoms with Gasteiger partial charge < -0.3 is 19.4 Å². The number of nitrogens with zero attached hydrogens (tertiary/aromatic N) is 2. The average Bonchev–Trinajstić information content (AvgIpc) is 2.82. The topological polar surface area (TPSA) is 65.4 Å². The first-order valence-corrected chi connectivity index (χ1v) is 10.2. The Morgan fingerprint density at radius 1 is 0.969 bits per heavy atom. The molecule has 2 aromatic heterocycles. The Morgan fingerprint density at radius 2 is 1.75 bits per heavy atom. The molecule has 0 spiro atoms. The summed E-state index contributed by atoms with van der Waals surface area (Å²) in [5.74, 6) is 1.02. The normalized spacial score (nSPS) is 11.0. The third-order valence-electron chi connectivity index (χ3n) is 5.25. The van der Waals surface area contributed by atoms with E-state index in [1.54, 1.807) is 37.2 Å². The summed E-state index contributed by atoms with van der Waals surface area (Å²) in [7, 11) is 3.21. The van der Waals surface area contributed by atoms with Crippen molar-refractivity contribution in [3.05, 3.63) is 99.9 Å². The monoisotopic (exact) mass is 433 g/mol. The minimum Gasteiger partial charge on any atom is -0.497 e. The standard InChI is InChI=1S/C25H24FN3O3/c1-31-22-8-18(9-23(12-22)32-2)14-28-15-20-10-19-5-6-21(26)11-24(19)29(25(20)30)16-17-4-3-7-27-13-17/h3-13,28H,14-16H2,1-2H3. The molecule has 6 nitrogen and oxygen atoms in total. The van der Waals surface area contributed by atoms with Gasteiger partial charge >= 0.3 is 0 Å². The van der Waals surface area contributed by atoms with E-state index in [-0.39, 0.29) is 11.4 Å². The van der Waals surface area contributed by atoms with E-state index in [1.807, 2.05) is 36.4 Å². The minimum atomic E-state index is -0.380. The van der Waals surface area contributed by atoms with E-state index in [4.69, 9.17) is 9.47 Å². The van der Waals surface area contributed by atoms with Crippen LogP contribution in [0.25, 0.3) is 10.9 Å². The summed E-state index contributed by atoms with van der Waals surface area (Å²) in [4.78, 5) is 17.4. The van der Waals surface area contributed by atoms with Gasteiger partial charge in [-0.25, -0.2) is 4.39 Å². The van der Waals surface area contributed by atoms with Gasteiger partial charge in [0, 0.05) is 37.1 Å². The van der Waals surface area contributed by atoms with E-state index in [1.165, 1.54) is 12.1 Å². The van der Waals surface area contributed by atoms with Crippen molar-refractivity contribution in [3.63, 3.8) is 0 Å². The largest absolute Gasteiger partial charge is 0.497 e. The van der Waals surface area contributed by atoms with Crippen LogP contribution in [0.3, 0.4) is 0 Å². The second kappa shape index (κ2) is 9.62. The molecule has 0 aliphatic rings. The van der Waals surface area contributed by atoms with Crippen molar-refractivity contribution in [2.45, 2.75) is 19.6 Å². The Kier molecular flexibility index (Phi) is 6.47. The van der Waals surface area contributed by atoms with E-state index in [2.05, 4.69) is 10.3 Å². The molecule has 0 saturated carbocycles. The average molecular weight is 433 g/mol. The van der Waals surface area contributed by atoms with Gasteiger partial charge in [-0.3, -0.25) is 9.78 Å². The zero-order valence-electron chi connectivity index (χ0n) is 18.0. The molecule has 0 fully saturated rings. The maximum Gasteiger partial charge on any atom is 0.255 e. The Labute approximate surface area is 185 Å². The van der Waals surface area contributed by atoms with Gasteiger partial charge in [0.1, 0.15) is 17.3 Å². The molecule has 164 valence electrons.